The molecule has 0 aromatic carbocycles. The number of hydrogen-bond acceptors (Lipinski definition) is 5. The van der Waals surface area contributed by atoms with E-state index in [9.17, 15) is 8.42 Å². The SMILES string of the molecule is CNCc1cc(S(=O)(=O)N2CCc3sccc3C2)c(Br)o1. The standard InChI is InChI=1S/C13H15BrN2O3S2/c1-15-7-10-6-12(13(14)19-10)21(17,18)16-4-2-11-9(8-16)3-5-20-11/h3,5-6,15H,2,4,7-8H2,1H3. The molecular formula is C13H15BrN2O3S2. The van der Waals surface area contributed by atoms with Crippen molar-refractivity contribution in [2.24, 2.45) is 0 Å². The molecule has 114 valence electrons. The molecule has 3 heterocycles. The first kappa shape index (κ1) is 15.2. The Kier molecular flexibility index (Phi) is 4.24. The maximum absolute atomic E-state index is 12.8. The van der Waals surface area contributed by atoms with Crippen LogP contribution in [-0.2, 0) is 29.5 Å². The van der Waals surface area contributed by atoms with E-state index < -0.39 is 10.0 Å². The molecule has 5 nitrogen and oxygen atoms in total. The van der Waals surface area contributed by atoms with Crippen LogP contribution in [0, 0.1) is 0 Å². The lowest BCUT2D eigenvalue weighted by Crippen LogP contribution is -2.35. The van der Waals surface area contributed by atoms with Crippen molar-refractivity contribution in [3.05, 3.63) is 38.4 Å². The van der Waals surface area contributed by atoms with Gasteiger partial charge in [0.15, 0.2) is 4.67 Å². The van der Waals surface area contributed by atoms with Crippen molar-refractivity contribution < 1.29 is 12.8 Å². The number of nitrogens with one attached hydrogen (secondary N) is 1. The highest BCUT2D eigenvalue weighted by Crippen LogP contribution is 2.32. The molecule has 2 aromatic rings. The highest BCUT2D eigenvalue weighted by molar-refractivity contribution is 9.10. The molecule has 0 aliphatic carbocycles. The largest absolute Gasteiger partial charge is 0.452 e. The molecule has 0 fully saturated rings. The quantitative estimate of drug-likeness (QED) is 0.870. The monoisotopic (exact) mass is 390 g/mol. The molecule has 2 aromatic heterocycles. The van der Waals surface area contributed by atoms with Crippen molar-refractivity contribution in [3.8, 4) is 0 Å². The molecule has 1 N–H and O–H groups in total. The van der Waals surface area contributed by atoms with Crippen LogP contribution in [0.1, 0.15) is 16.2 Å². The van der Waals surface area contributed by atoms with Crippen LogP contribution in [0.5, 0.6) is 0 Å². The average molecular weight is 391 g/mol. The van der Waals surface area contributed by atoms with Crippen LogP contribution in [0.25, 0.3) is 0 Å². The molecule has 1 aliphatic rings. The summed E-state index contributed by atoms with van der Waals surface area (Å²) >= 11 is 4.91. The van der Waals surface area contributed by atoms with E-state index in [0.29, 0.717) is 25.4 Å². The van der Waals surface area contributed by atoms with Crippen molar-refractivity contribution in [3.63, 3.8) is 0 Å². The van der Waals surface area contributed by atoms with E-state index in [1.807, 2.05) is 11.4 Å². The first-order valence-corrected chi connectivity index (χ1v) is 9.62. The van der Waals surface area contributed by atoms with Crippen molar-refractivity contribution >= 4 is 37.3 Å². The van der Waals surface area contributed by atoms with E-state index >= 15 is 0 Å². The van der Waals surface area contributed by atoms with Gasteiger partial charge in [-0.25, -0.2) is 8.42 Å². The maximum Gasteiger partial charge on any atom is 0.247 e. The van der Waals surface area contributed by atoms with Crippen LogP contribution in [0.3, 0.4) is 0 Å². The molecule has 1 aliphatic heterocycles. The molecule has 0 bridgehead atoms. The van der Waals surface area contributed by atoms with E-state index in [1.54, 1.807) is 24.5 Å². The van der Waals surface area contributed by atoms with E-state index in [1.165, 1.54) is 9.18 Å². The lowest BCUT2D eigenvalue weighted by Gasteiger charge is -2.25. The van der Waals surface area contributed by atoms with Gasteiger partial charge < -0.3 is 9.73 Å². The summed E-state index contributed by atoms with van der Waals surface area (Å²) in [7, 11) is -1.76. The van der Waals surface area contributed by atoms with Crippen molar-refractivity contribution in [2.75, 3.05) is 13.6 Å². The number of sulfonamides is 1. The van der Waals surface area contributed by atoms with E-state index in [2.05, 4.69) is 21.2 Å². The Labute approximate surface area is 136 Å². The van der Waals surface area contributed by atoms with Gasteiger partial charge in [-0.15, -0.1) is 11.3 Å². The van der Waals surface area contributed by atoms with Gasteiger partial charge in [-0.05, 0) is 46.4 Å². The third-order valence-corrected chi connectivity index (χ3v) is 7.17. The lowest BCUT2D eigenvalue weighted by atomic mass is 10.1. The zero-order valence-corrected chi connectivity index (χ0v) is 14.6. The lowest BCUT2D eigenvalue weighted by molar-refractivity contribution is 0.392. The Morgan fingerprint density at radius 3 is 3.10 bits per heavy atom. The average Bonchev–Trinajstić information content (AvgIpc) is 3.04. The molecular weight excluding hydrogens is 376 g/mol. The summed E-state index contributed by atoms with van der Waals surface area (Å²) in [6, 6.07) is 3.58. The van der Waals surface area contributed by atoms with Gasteiger partial charge in [0.2, 0.25) is 10.0 Å². The number of hydrogen-bond donors (Lipinski definition) is 1. The second-order valence-corrected chi connectivity index (χ2v) is 8.47. The van der Waals surface area contributed by atoms with Gasteiger partial charge in [-0.3, -0.25) is 0 Å². The summed E-state index contributed by atoms with van der Waals surface area (Å²) in [5, 5.41) is 4.96. The first-order valence-electron chi connectivity index (χ1n) is 6.50. The van der Waals surface area contributed by atoms with Gasteiger partial charge in [0.05, 0.1) is 6.54 Å². The second kappa shape index (κ2) is 5.85. The Morgan fingerprint density at radius 1 is 1.52 bits per heavy atom. The van der Waals surface area contributed by atoms with Gasteiger partial charge in [-0.1, -0.05) is 0 Å². The van der Waals surface area contributed by atoms with Crippen LogP contribution in [0.2, 0.25) is 0 Å². The maximum atomic E-state index is 12.8. The van der Waals surface area contributed by atoms with Gasteiger partial charge in [0.1, 0.15) is 10.7 Å². The zero-order valence-electron chi connectivity index (χ0n) is 11.4. The smallest absolute Gasteiger partial charge is 0.247 e. The molecule has 0 amide bonds. The van der Waals surface area contributed by atoms with E-state index in [0.717, 1.165) is 12.0 Å². The van der Waals surface area contributed by atoms with Gasteiger partial charge in [0.25, 0.3) is 0 Å². The fraction of sp³-hybridized carbons (Fsp3) is 0.385. The molecule has 3 rings (SSSR count). The van der Waals surface area contributed by atoms with Crippen LogP contribution >= 0.6 is 27.3 Å². The van der Waals surface area contributed by atoms with E-state index in [4.69, 9.17) is 4.42 Å². The van der Waals surface area contributed by atoms with Crippen LogP contribution in [0.4, 0.5) is 0 Å². The highest BCUT2D eigenvalue weighted by Gasteiger charge is 2.32. The van der Waals surface area contributed by atoms with Crippen LogP contribution < -0.4 is 5.32 Å². The Balaban J connectivity index is 1.91. The van der Waals surface area contributed by atoms with E-state index in [-0.39, 0.29) is 9.56 Å². The normalized spacial score (nSPS) is 16.1. The van der Waals surface area contributed by atoms with Gasteiger partial charge in [-0.2, -0.15) is 4.31 Å². The summed E-state index contributed by atoms with van der Waals surface area (Å²) < 4.78 is 32.8. The predicted octanol–water partition coefficient (Wildman–Crippen LogP) is 2.57. The highest BCUT2D eigenvalue weighted by atomic mass is 79.9. The summed E-state index contributed by atoms with van der Waals surface area (Å²) in [4.78, 5) is 1.48. The van der Waals surface area contributed by atoms with Gasteiger partial charge in [0, 0.05) is 24.0 Å². The predicted molar refractivity (Wildman–Crippen MR) is 84.8 cm³/mol. The Morgan fingerprint density at radius 2 is 2.33 bits per heavy atom. The number of halogens is 1. The number of thiophene rings is 1. The Hall–Kier alpha value is -0.670. The van der Waals surface area contributed by atoms with Gasteiger partial charge >= 0.3 is 0 Å². The topological polar surface area (TPSA) is 62.6 Å². The van der Waals surface area contributed by atoms with Crippen molar-refractivity contribution in [2.45, 2.75) is 24.4 Å². The minimum Gasteiger partial charge on any atom is -0.452 e. The van der Waals surface area contributed by atoms with Crippen LogP contribution in [0.15, 0.2) is 31.5 Å². The summed E-state index contributed by atoms with van der Waals surface area (Å²) in [6.45, 7) is 1.43. The minimum absolute atomic E-state index is 0.200. The summed E-state index contributed by atoms with van der Waals surface area (Å²) in [6.07, 6.45) is 0.769. The molecule has 0 atom stereocenters. The molecule has 0 spiro atoms. The van der Waals surface area contributed by atoms with Crippen molar-refractivity contribution in [1.82, 2.24) is 9.62 Å². The molecule has 0 unspecified atom stereocenters. The minimum atomic E-state index is -3.54. The number of furan rings is 1. The molecule has 0 saturated heterocycles. The fourth-order valence-corrected chi connectivity index (χ4v) is 5.67. The number of fused-ring (bicyclic) bond motifs is 1. The number of nitrogens with zero attached hydrogens (tertiary/aromatic N) is 1. The third kappa shape index (κ3) is 2.83. The summed E-state index contributed by atoms with van der Waals surface area (Å²) in [5.41, 5.74) is 1.10. The molecule has 0 saturated carbocycles. The zero-order chi connectivity index (χ0) is 15.0. The molecule has 8 heteroatoms. The third-order valence-electron chi connectivity index (χ3n) is 3.45. The first-order chi connectivity index (χ1) is 10.0. The molecule has 0 radical (unpaired) electrons. The van der Waals surface area contributed by atoms with Crippen molar-refractivity contribution in [1.29, 1.82) is 0 Å². The van der Waals surface area contributed by atoms with Crippen LogP contribution in [-0.4, -0.2) is 26.3 Å². The summed E-state index contributed by atoms with van der Waals surface area (Å²) in [5.74, 6) is 0.594. The Bertz CT molecular complexity index is 751. The number of rotatable bonds is 4. The second-order valence-electron chi connectivity index (χ2n) is 4.84. The molecule has 21 heavy (non-hydrogen) atoms. The fourth-order valence-electron chi connectivity index (χ4n) is 2.40.